The minimum absolute atomic E-state index is 0.101. The van der Waals surface area contributed by atoms with Crippen LogP contribution in [-0.2, 0) is 0 Å². The SMILES string of the molecule is COc1cc(C=O)ccc1OC(=O)c1cccc(C(=O)Oc2ccc(C=O)cc2OC)c1. The van der Waals surface area contributed by atoms with Gasteiger partial charge in [0.25, 0.3) is 0 Å². The summed E-state index contributed by atoms with van der Waals surface area (Å²) in [7, 11) is 2.77. The first-order valence-electron chi connectivity index (χ1n) is 9.30. The largest absolute Gasteiger partial charge is 0.493 e. The van der Waals surface area contributed by atoms with Gasteiger partial charge in [-0.05, 0) is 54.6 Å². The summed E-state index contributed by atoms with van der Waals surface area (Å²) in [5.41, 5.74) is 0.930. The fourth-order valence-corrected chi connectivity index (χ4v) is 2.77. The molecule has 3 aromatic carbocycles. The average molecular weight is 434 g/mol. The van der Waals surface area contributed by atoms with Gasteiger partial charge in [0, 0.05) is 11.1 Å². The van der Waals surface area contributed by atoms with Gasteiger partial charge in [-0.25, -0.2) is 9.59 Å². The lowest BCUT2D eigenvalue weighted by Crippen LogP contribution is -2.13. The molecular weight excluding hydrogens is 416 g/mol. The van der Waals surface area contributed by atoms with E-state index >= 15 is 0 Å². The number of hydrogen-bond acceptors (Lipinski definition) is 8. The number of carbonyl (C=O) groups is 4. The molecule has 0 aliphatic heterocycles. The van der Waals surface area contributed by atoms with Gasteiger partial charge in [-0.2, -0.15) is 0 Å². The van der Waals surface area contributed by atoms with E-state index in [4.69, 9.17) is 18.9 Å². The standard InChI is InChI=1S/C24H18O8/c1-29-21-10-15(13-25)6-8-19(21)31-23(27)17-4-3-5-18(12-17)24(28)32-20-9-7-16(14-26)11-22(20)30-2/h3-14H,1-2H3. The molecule has 0 amide bonds. The monoisotopic (exact) mass is 434 g/mol. The first-order chi connectivity index (χ1) is 15.5. The highest BCUT2D eigenvalue weighted by atomic mass is 16.6. The van der Waals surface area contributed by atoms with Gasteiger partial charge in [0.2, 0.25) is 0 Å². The van der Waals surface area contributed by atoms with Crippen LogP contribution in [0.3, 0.4) is 0 Å². The van der Waals surface area contributed by atoms with Crippen LogP contribution in [0.25, 0.3) is 0 Å². The van der Waals surface area contributed by atoms with E-state index in [9.17, 15) is 19.2 Å². The van der Waals surface area contributed by atoms with Crippen molar-refractivity contribution in [2.24, 2.45) is 0 Å². The molecular formula is C24H18O8. The molecule has 0 radical (unpaired) electrons. The second-order valence-corrected chi connectivity index (χ2v) is 6.42. The highest BCUT2D eigenvalue weighted by molar-refractivity contribution is 5.97. The molecule has 0 atom stereocenters. The van der Waals surface area contributed by atoms with Crippen LogP contribution in [0.2, 0.25) is 0 Å². The zero-order chi connectivity index (χ0) is 23.1. The summed E-state index contributed by atoms with van der Waals surface area (Å²) in [6, 6.07) is 14.5. The van der Waals surface area contributed by atoms with E-state index in [0.717, 1.165) is 0 Å². The number of carbonyl (C=O) groups excluding carboxylic acids is 4. The molecule has 0 fully saturated rings. The van der Waals surface area contributed by atoms with Crippen LogP contribution in [-0.4, -0.2) is 38.7 Å². The van der Waals surface area contributed by atoms with E-state index in [1.165, 1.54) is 74.9 Å². The molecule has 3 aromatic rings. The van der Waals surface area contributed by atoms with E-state index in [-0.39, 0.29) is 34.1 Å². The Morgan fingerprint density at radius 3 is 1.44 bits per heavy atom. The second kappa shape index (κ2) is 10.0. The summed E-state index contributed by atoms with van der Waals surface area (Å²) in [4.78, 5) is 47.0. The van der Waals surface area contributed by atoms with Crippen molar-refractivity contribution < 1.29 is 38.1 Å². The van der Waals surface area contributed by atoms with Crippen molar-refractivity contribution in [3.05, 3.63) is 82.9 Å². The summed E-state index contributed by atoms with van der Waals surface area (Å²) >= 11 is 0. The smallest absolute Gasteiger partial charge is 0.343 e. The summed E-state index contributed by atoms with van der Waals surface area (Å²) < 4.78 is 21.0. The molecule has 0 spiro atoms. The first-order valence-corrected chi connectivity index (χ1v) is 9.30. The third kappa shape index (κ3) is 4.99. The maximum Gasteiger partial charge on any atom is 0.343 e. The lowest BCUT2D eigenvalue weighted by atomic mass is 10.1. The maximum atomic E-state index is 12.6. The summed E-state index contributed by atoms with van der Waals surface area (Å²) in [5, 5.41) is 0. The van der Waals surface area contributed by atoms with Gasteiger partial charge < -0.3 is 18.9 Å². The van der Waals surface area contributed by atoms with Gasteiger partial charge in [-0.15, -0.1) is 0 Å². The number of aldehydes is 2. The topological polar surface area (TPSA) is 105 Å². The van der Waals surface area contributed by atoms with E-state index in [1.807, 2.05) is 0 Å². The predicted molar refractivity (Wildman–Crippen MR) is 113 cm³/mol. The molecule has 0 aliphatic rings. The van der Waals surface area contributed by atoms with Crippen LogP contribution < -0.4 is 18.9 Å². The zero-order valence-corrected chi connectivity index (χ0v) is 17.2. The predicted octanol–water partition coefficient (Wildman–Crippen LogP) is 3.77. The van der Waals surface area contributed by atoms with E-state index in [1.54, 1.807) is 0 Å². The van der Waals surface area contributed by atoms with Crippen molar-refractivity contribution >= 4 is 24.5 Å². The Morgan fingerprint density at radius 2 is 1.06 bits per heavy atom. The van der Waals surface area contributed by atoms with Crippen LogP contribution in [0, 0.1) is 0 Å². The van der Waals surface area contributed by atoms with Gasteiger partial charge in [0.1, 0.15) is 12.6 Å². The number of rotatable bonds is 8. The van der Waals surface area contributed by atoms with Crippen molar-refractivity contribution in [2.75, 3.05) is 14.2 Å². The van der Waals surface area contributed by atoms with Gasteiger partial charge in [-0.1, -0.05) is 6.07 Å². The van der Waals surface area contributed by atoms with E-state index in [0.29, 0.717) is 23.7 Å². The fraction of sp³-hybridized carbons (Fsp3) is 0.0833. The minimum Gasteiger partial charge on any atom is -0.493 e. The fourth-order valence-electron chi connectivity index (χ4n) is 2.77. The number of benzene rings is 3. The van der Waals surface area contributed by atoms with Gasteiger partial charge in [0.15, 0.2) is 23.0 Å². The first kappa shape index (κ1) is 22.2. The molecule has 32 heavy (non-hydrogen) atoms. The average Bonchev–Trinajstić information content (AvgIpc) is 2.84. The lowest BCUT2D eigenvalue weighted by molar-refractivity contribution is 0.0729. The van der Waals surface area contributed by atoms with Crippen molar-refractivity contribution in [3.63, 3.8) is 0 Å². The number of ether oxygens (including phenoxy) is 4. The van der Waals surface area contributed by atoms with Crippen LogP contribution in [0.15, 0.2) is 60.7 Å². The quantitative estimate of drug-likeness (QED) is 0.300. The summed E-state index contributed by atoms with van der Waals surface area (Å²) in [6.45, 7) is 0. The molecule has 3 rings (SSSR count). The van der Waals surface area contributed by atoms with Crippen molar-refractivity contribution in [2.45, 2.75) is 0 Å². The third-order valence-electron chi connectivity index (χ3n) is 4.39. The maximum absolute atomic E-state index is 12.6. The molecule has 0 unspecified atom stereocenters. The Bertz CT molecular complexity index is 1090. The van der Waals surface area contributed by atoms with Gasteiger partial charge in [0.05, 0.1) is 25.3 Å². The molecule has 162 valence electrons. The molecule has 0 bridgehead atoms. The lowest BCUT2D eigenvalue weighted by Gasteiger charge is -2.11. The highest BCUT2D eigenvalue weighted by Gasteiger charge is 2.17. The minimum atomic E-state index is -0.732. The Hall–Kier alpha value is -4.46. The number of esters is 2. The van der Waals surface area contributed by atoms with Crippen LogP contribution in [0.1, 0.15) is 41.4 Å². The van der Waals surface area contributed by atoms with Crippen molar-refractivity contribution in [1.29, 1.82) is 0 Å². The highest BCUT2D eigenvalue weighted by Crippen LogP contribution is 2.30. The second-order valence-electron chi connectivity index (χ2n) is 6.42. The molecule has 0 N–H and O–H groups in total. The van der Waals surface area contributed by atoms with E-state index in [2.05, 4.69) is 0 Å². The zero-order valence-electron chi connectivity index (χ0n) is 17.2. The molecule has 0 heterocycles. The molecule has 0 saturated heterocycles. The molecule has 0 saturated carbocycles. The van der Waals surface area contributed by atoms with Gasteiger partial charge in [-0.3, -0.25) is 9.59 Å². The normalized spacial score (nSPS) is 10.1. The Balaban J connectivity index is 1.79. The molecule has 0 aromatic heterocycles. The molecule has 8 heteroatoms. The summed E-state index contributed by atoms with van der Waals surface area (Å²) in [6.07, 6.45) is 1.29. The Labute approximate surface area is 183 Å². The van der Waals surface area contributed by atoms with Gasteiger partial charge >= 0.3 is 11.9 Å². The van der Waals surface area contributed by atoms with Crippen LogP contribution in [0.5, 0.6) is 23.0 Å². The summed E-state index contributed by atoms with van der Waals surface area (Å²) in [5.74, 6) is -0.796. The Morgan fingerprint density at radius 1 is 0.625 bits per heavy atom. The van der Waals surface area contributed by atoms with Crippen LogP contribution >= 0.6 is 0 Å². The Kier molecular flexibility index (Phi) is 6.97. The third-order valence-corrected chi connectivity index (χ3v) is 4.39. The van der Waals surface area contributed by atoms with Crippen LogP contribution in [0.4, 0.5) is 0 Å². The number of hydrogen-bond donors (Lipinski definition) is 0. The molecule has 0 aliphatic carbocycles. The van der Waals surface area contributed by atoms with Crippen molar-refractivity contribution in [3.8, 4) is 23.0 Å². The van der Waals surface area contributed by atoms with Crippen molar-refractivity contribution in [1.82, 2.24) is 0 Å². The van der Waals surface area contributed by atoms with E-state index < -0.39 is 11.9 Å². The number of methoxy groups -OCH3 is 2. The molecule has 8 nitrogen and oxygen atoms in total.